The van der Waals surface area contributed by atoms with E-state index in [-0.39, 0.29) is 6.54 Å². The number of hydrogen-bond acceptors (Lipinski definition) is 1. The molecule has 1 unspecified atom stereocenters. The van der Waals surface area contributed by atoms with Crippen molar-refractivity contribution in [2.45, 2.75) is 38.9 Å². The van der Waals surface area contributed by atoms with E-state index in [9.17, 15) is 9.18 Å². The van der Waals surface area contributed by atoms with Crippen LogP contribution in [-0.4, -0.2) is 21.3 Å². The first kappa shape index (κ1) is 11.8. The Hall–Kier alpha value is -1.32. The van der Waals surface area contributed by atoms with E-state index < -0.39 is 17.6 Å². The zero-order chi connectivity index (χ0) is 11.6. The first-order valence-corrected chi connectivity index (χ1v) is 4.88. The number of nitrogens with zero attached hydrogens (tertiary/aromatic N) is 1. The molecule has 0 aliphatic heterocycles. The summed E-state index contributed by atoms with van der Waals surface area (Å²) in [5.41, 5.74) is -0.709. The largest absolute Gasteiger partial charge is 0.481 e. The smallest absolute Gasteiger partial charge is 0.312 e. The van der Waals surface area contributed by atoms with Crippen LogP contribution < -0.4 is 0 Å². The molecule has 0 fully saturated rings. The number of rotatable bonds is 4. The number of halogens is 1. The van der Waals surface area contributed by atoms with E-state index in [4.69, 9.17) is 5.11 Å². The van der Waals surface area contributed by atoms with Crippen molar-refractivity contribution in [3.8, 4) is 0 Å². The second kappa shape index (κ2) is 4.04. The first-order valence-electron chi connectivity index (χ1n) is 4.88. The van der Waals surface area contributed by atoms with Gasteiger partial charge in [-0.05, 0) is 32.9 Å². The van der Waals surface area contributed by atoms with Gasteiger partial charge in [-0.15, -0.1) is 0 Å². The van der Waals surface area contributed by atoms with Crippen molar-refractivity contribution in [3.05, 3.63) is 24.0 Å². The molecule has 84 valence electrons. The summed E-state index contributed by atoms with van der Waals surface area (Å²) < 4.78 is 15.1. The lowest BCUT2D eigenvalue weighted by molar-refractivity contribution is -0.138. The highest BCUT2D eigenvalue weighted by molar-refractivity contribution is 5.74. The predicted octanol–water partition coefficient (Wildman–Crippen LogP) is 2.42. The minimum atomic E-state index is -1.34. The van der Waals surface area contributed by atoms with Crippen LogP contribution in [0.3, 0.4) is 0 Å². The van der Waals surface area contributed by atoms with Crippen molar-refractivity contribution in [2.75, 3.05) is 0 Å². The van der Waals surface area contributed by atoms with Gasteiger partial charge in [0.2, 0.25) is 0 Å². The van der Waals surface area contributed by atoms with E-state index >= 15 is 0 Å². The summed E-state index contributed by atoms with van der Waals surface area (Å²) in [6.45, 7) is 4.72. The van der Waals surface area contributed by atoms with Gasteiger partial charge in [0, 0.05) is 11.9 Å². The van der Waals surface area contributed by atoms with Gasteiger partial charge in [-0.3, -0.25) is 4.79 Å². The minimum absolute atomic E-state index is 0.174. The van der Waals surface area contributed by atoms with E-state index in [2.05, 4.69) is 0 Å². The van der Waals surface area contributed by atoms with Crippen molar-refractivity contribution >= 4 is 5.97 Å². The van der Waals surface area contributed by atoms with E-state index in [1.165, 1.54) is 13.8 Å². The van der Waals surface area contributed by atoms with Gasteiger partial charge >= 0.3 is 5.97 Å². The number of hydrogen-bond donors (Lipinski definition) is 1. The zero-order valence-electron chi connectivity index (χ0n) is 9.20. The van der Waals surface area contributed by atoms with Crippen molar-refractivity contribution in [2.24, 2.45) is 0 Å². The van der Waals surface area contributed by atoms with Crippen LogP contribution in [-0.2, 0) is 11.3 Å². The SMILES string of the molecule is CC(C(=O)O)c1cccn1CC(C)(C)F. The molecular weight excluding hydrogens is 197 g/mol. The van der Waals surface area contributed by atoms with Gasteiger partial charge in [-0.1, -0.05) is 0 Å². The monoisotopic (exact) mass is 213 g/mol. The maximum Gasteiger partial charge on any atom is 0.312 e. The van der Waals surface area contributed by atoms with Gasteiger partial charge in [0.05, 0.1) is 12.5 Å². The molecule has 1 rings (SSSR count). The van der Waals surface area contributed by atoms with Crippen molar-refractivity contribution in [3.63, 3.8) is 0 Å². The minimum Gasteiger partial charge on any atom is -0.481 e. The highest BCUT2D eigenvalue weighted by atomic mass is 19.1. The second-order valence-electron chi connectivity index (χ2n) is 4.34. The van der Waals surface area contributed by atoms with Crippen LogP contribution in [0.5, 0.6) is 0 Å². The number of aliphatic carboxylic acids is 1. The molecule has 1 N–H and O–H groups in total. The molecule has 1 aromatic rings. The predicted molar refractivity (Wildman–Crippen MR) is 55.7 cm³/mol. The van der Waals surface area contributed by atoms with Crippen LogP contribution in [0.25, 0.3) is 0 Å². The number of carboxylic acid groups (broad SMARTS) is 1. The Morgan fingerprint density at radius 2 is 2.27 bits per heavy atom. The maximum atomic E-state index is 13.4. The molecule has 0 saturated carbocycles. The molecule has 0 aliphatic rings. The quantitative estimate of drug-likeness (QED) is 0.834. The standard InChI is InChI=1S/C11H16FNO2/c1-8(10(14)15)9-5-4-6-13(9)7-11(2,3)12/h4-6,8H,7H2,1-3H3,(H,14,15). The molecule has 0 amide bonds. The van der Waals surface area contributed by atoms with Crippen LogP contribution in [0.4, 0.5) is 4.39 Å². The number of aromatic nitrogens is 1. The molecule has 1 heterocycles. The third-order valence-electron chi connectivity index (χ3n) is 2.23. The molecule has 4 heteroatoms. The highest BCUT2D eigenvalue weighted by Gasteiger charge is 2.22. The molecule has 0 spiro atoms. The van der Waals surface area contributed by atoms with E-state index in [1.54, 1.807) is 29.8 Å². The summed E-state index contributed by atoms with van der Waals surface area (Å²) in [4.78, 5) is 10.8. The van der Waals surface area contributed by atoms with Crippen LogP contribution in [0, 0.1) is 0 Å². The fourth-order valence-corrected chi connectivity index (χ4v) is 1.50. The normalized spacial score (nSPS) is 13.9. The Morgan fingerprint density at radius 1 is 1.67 bits per heavy atom. The molecule has 1 atom stereocenters. The summed E-state index contributed by atoms with van der Waals surface area (Å²) in [5, 5.41) is 8.87. The molecule has 3 nitrogen and oxygen atoms in total. The Bertz CT molecular complexity index is 352. The number of carboxylic acids is 1. The summed E-state index contributed by atoms with van der Waals surface area (Å²) in [7, 11) is 0. The molecule has 0 bridgehead atoms. The Balaban J connectivity index is 2.92. The van der Waals surface area contributed by atoms with Gasteiger partial charge in [0.25, 0.3) is 0 Å². The third kappa shape index (κ3) is 3.08. The lowest BCUT2D eigenvalue weighted by atomic mass is 10.1. The molecule has 15 heavy (non-hydrogen) atoms. The number of carbonyl (C=O) groups is 1. The van der Waals surface area contributed by atoms with E-state index in [1.807, 2.05) is 0 Å². The van der Waals surface area contributed by atoms with Crippen LogP contribution in [0.2, 0.25) is 0 Å². The van der Waals surface area contributed by atoms with Gasteiger partial charge in [0.1, 0.15) is 5.67 Å². The van der Waals surface area contributed by atoms with E-state index in [0.717, 1.165) is 0 Å². The molecular formula is C11H16FNO2. The zero-order valence-corrected chi connectivity index (χ0v) is 9.20. The van der Waals surface area contributed by atoms with Crippen LogP contribution in [0.15, 0.2) is 18.3 Å². The third-order valence-corrected chi connectivity index (χ3v) is 2.23. The molecule has 0 aromatic carbocycles. The Kier molecular flexibility index (Phi) is 3.17. The molecule has 0 aliphatic carbocycles. The van der Waals surface area contributed by atoms with Gasteiger partial charge in [-0.25, -0.2) is 4.39 Å². The maximum absolute atomic E-state index is 13.4. The first-order chi connectivity index (χ1) is 6.81. The summed E-state index contributed by atoms with van der Waals surface area (Å²) in [6.07, 6.45) is 1.70. The van der Waals surface area contributed by atoms with Gasteiger partial charge in [0.15, 0.2) is 0 Å². The topological polar surface area (TPSA) is 42.2 Å². The summed E-state index contributed by atoms with van der Waals surface area (Å²) in [6, 6.07) is 3.45. The average molecular weight is 213 g/mol. The summed E-state index contributed by atoms with van der Waals surface area (Å²) >= 11 is 0. The summed E-state index contributed by atoms with van der Waals surface area (Å²) in [5.74, 6) is -1.51. The van der Waals surface area contributed by atoms with Crippen molar-refractivity contribution in [1.29, 1.82) is 0 Å². The van der Waals surface area contributed by atoms with Crippen molar-refractivity contribution in [1.82, 2.24) is 4.57 Å². The fraction of sp³-hybridized carbons (Fsp3) is 0.545. The molecule has 1 aromatic heterocycles. The van der Waals surface area contributed by atoms with Gasteiger partial charge < -0.3 is 9.67 Å². The fourth-order valence-electron chi connectivity index (χ4n) is 1.50. The Labute approximate surface area is 88.5 Å². The lowest BCUT2D eigenvalue weighted by Gasteiger charge is -2.19. The van der Waals surface area contributed by atoms with Crippen LogP contribution >= 0.6 is 0 Å². The average Bonchev–Trinajstić information content (AvgIpc) is 2.47. The van der Waals surface area contributed by atoms with Crippen LogP contribution in [0.1, 0.15) is 32.4 Å². The molecule has 0 saturated heterocycles. The van der Waals surface area contributed by atoms with Gasteiger partial charge in [-0.2, -0.15) is 0 Å². The lowest BCUT2D eigenvalue weighted by Crippen LogP contribution is -2.23. The van der Waals surface area contributed by atoms with Crippen molar-refractivity contribution < 1.29 is 14.3 Å². The number of alkyl halides is 1. The second-order valence-corrected chi connectivity index (χ2v) is 4.34. The highest BCUT2D eigenvalue weighted by Crippen LogP contribution is 2.20. The van der Waals surface area contributed by atoms with E-state index in [0.29, 0.717) is 5.69 Å². The molecule has 0 radical (unpaired) electrons. The Morgan fingerprint density at radius 3 is 2.73 bits per heavy atom.